The Balaban J connectivity index is 1.74. The van der Waals surface area contributed by atoms with Gasteiger partial charge in [-0.15, -0.1) is 0 Å². The fourth-order valence-electron chi connectivity index (χ4n) is 2.23. The van der Waals surface area contributed by atoms with Crippen LogP contribution in [0.3, 0.4) is 0 Å². The molecule has 1 saturated heterocycles. The molecule has 1 aliphatic heterocycles. The number of hydrogen-bond acceptors (Lipinski definition) is 3. The first-order chi connectivity index (χ1) is 8.97. The fourth-order valence-corrected chi connectivity index (χ4v) is 2.23. The molecule has 3 amide bonds. The summed E-state index contributed by atoms with van der Waals surface area (Å²) < 4.78 is 0. The van der Waals surface area contributed by atoms with Gasteiger partial charge >= 0.3 is 12.0 Å². The van der Waals surface area contributed by atoms with E-state index >= 15 is 0 Å². The van der Waals surface area contributed by atoms with E-state index in [-0.39, 0.29) is 37.0 Å². The van der Waals surface area contributed by atoms with Crippen LogP contribution in [0.15, 0.2) is 0 Å². The quantitative estimate of drug-likeness (QED) is 0.648. The predicted molar refractivity (Wildman–Crippen MR) is 66.4 cm³/mol. The standard InChI is InChI=1S/C12H19N3O4/c1-7-5-15(6-9(7)11(17)18)12(19)13-4-10(16)14-8-2-3-8/h7-9H,2-6H2,1H3,(H,13,19)(H,14,16)(H,17,18). The van der Waals surface area contributed by atoms with Crippen molar-refractivity contribution >= 4 is 17.9 Å². The van der Waals surface area contributed by atoms with Crippen LogP contribution in [0.25, 0.3) is 0 Å². The lowest BCUT2D eigenvalue weighted by molar-refractivity contribution is -0.142. The van der Waals surface area contributed by atoms with E-state index in [1.807, 2.05) is 6.92 Å². The molecule has 0 aromatic rings. The van der Waals surface area contributed by atoms with Crippen molar-refractivity contribution in [3.63, 3.8) is 0 Å². The van der Waals surface area contributed by atoms with Gasteiger partial charge in [0.1, 0.15) is 0 Å². The van der Waals surface area contributed by atoms with Crippen molar-refractivity contribution < 1.29 is 19.5 Å². The van der Waals surface area contributed by atoms with Crippen LogP contribution >= 0.6 is 0 Å². The summed E-state index contributed by atoms with van der Waals surface area (Å²) in [7, 11) is 0. The van der Waals surface area contributed by atoms with Gasteiger partial charge in [-0.05, 0) is 18.8 Å². The van der Waals surface area contributed by atoms with Crippen molar-refractivity contribution in [2.24, 2.45) is 11.8 Å². The fraction of sp³-hybridized carbons (Fsp3) is 0.750. The maximum Gasteiger partial charge on any atom is 0.317 e. The van der Waals surface area contributed by atoms with Crippen molar-refractivity contribution in [1.82, 2.24) is 15.5 Å². The summed E-state index contributed by atoms with van der Waals surface area (Å²) in [4.78, 5) is 35.6. The molecule has 2 aliphatic rings. The van der Waals surface area contributed by atoms with Crippen molar-refractivity contribution in [3.8, 4) is 0 Å². The molecule has 1 saturated carbocycles. The molecule has 106 valence electrons. The summed E-state index contributed by atoms with van der Waals surface area (Å²) in [6.07, 6.45) is 2.01. The Morgan fingerprint density at radius 2 is 1.95 bits per heavy atom. The zero-order chi connectivity index (χ0) is 14.0. The highest BCUT2D eigenvalue weighted by Crippen LogP contribution is 2.23. The molecule has 1 heterocycles. The van der Waals surface area contributed by atoms with E-state index in [0.29, 0.717) is 6.54 Å². The molecular formula is C12H19N3O4. The second-order valence-corrected chi connectivity index (χ2v) is 5.33. The van der Waals surface area contributed by atoms with Crippen molar-refractivity contribution in [3.05, 3.63) is 0 Å². The van der Waals surface area contributed by atoms with Gasteiger partial charge in [0.05, 0.1) is 12.5 Å². The van der Waals surface area contributed by atoms with Crippen LogP contribution in [-0.4, -0.2) is 53.6 Å². The third-order valence-corrected chi connectivity index (χ3v) is 3.56. The lowest BCUT2D eigenvalue weighted by Crippen LogP contribution is -2.44. The molecule has 2 rings (SSSR count). The molecule has 7 heteroatoms. The summed E-state index contributed by atoms with van der Waals surface area (Å²) in [5, 5.41) is 14.3. The Morgan fingerprint density at radius 3 is 2.47 bits per heavy atom. The van der Waals surface area contributed by atoms with Crippen LogP contribution in [0.5, 0.6) is 0 Å². The molecule has 19 heavy (non-hydrogen) atoms. The Bertz CT molecular complexity index is 394. The van der Waals surface area contributed by atoms with E-state index in [4.69, 9.17) is 5.11 Å². The number of rotatable bonds is 4. The number of carbonyl (C=O) groups is 3. The van der Waals surface area contributed by atoms with Crippen molar-refractivity contribution in [2.45, 2.75) is 25.8 Å². The number of nitrogens with zero attached hydrogens (tertiary/aromatic N) is 1. The first-order valence-electron chi connectivity index (χ1n) is 6.52. The topological polar surface area (TPSA) is 98.7 Å². The van der Waals surface area contributed by atoms with Gasteiger partial charge in [-0.2, -0.15) is 0 Å². The van der Waals surface area contributed by atoms with E-state index in [1.165, 1.54) is 4.90 Å². The van der Waals surface area contributed by atoms with Crippen LogP contribution < -0.4 is 10.6 Å². The number of carbonyl (C=O) groups excluding carboxylic acids is 2. The minimum Gasteiger partial charge on any atom is -0.481 e. The third kappa shape index (κ3) is 3.59. The second kappa shape index (κ2) is 5.46. The zero-order valence-corrected chi connectivity index (χ0v) is 10.9. The molecular weight excluding hydrogens is 250 g/mol. The van der Waals surface area contributed by atoms with Gasteiger partial charge in [0.25, 0.3) is 0 Å². The Labute approximate surface area is 111 Å². The van der Waals surface area contributed by atoms with E-state index in [9.17, 15) is 14.4 Å². The molecule has 7 nitrogen and oxygen atoms in total. The average molecular weight is 269 g/mol. The number of nitrogens with one attached hydrogen (secondary N) is 2. The number of carboxylic acids is 1. The normalized spacial score (nSPS) is 26.1. The largest absolute Gasteiger partial charge is 0.481 e. The molecule has 0 spiro atoms. The predicted octanol–water partition coefficient (Wildman–Crippen LogP) is -0.373. The second-order valence-electron chi connectivity index (χ2n) is 5.33. The van der Waals surface area contributed by atoms with Crippen molar-refractivity contribution in [2.75, 3.05) is 19.6 Å². The first kappa shape index (κ1) is 13.6. The molecule has 0 aromatic heterocycles. The highest BCUT2D eigenvalue weighted by Gasteiger charge is 2.37. The van der Waals surface area contributed by atoms with Crippen LogP contribution in [0, 0.1) is 11.8 Å². The van der Waals surface area contributed by atoms with Crippen LogP contribution in [0.4, 0.5) is 4.79 Å². The highest BCUT2D eigenvalue weighted by molar-refractivity contribution is 5.84. The number of amides is 3. The minimum atomic E-state index is -0.880. The molecule has 2 atom stereocenters. The Kier molecular flexibility index (Phi) is 3.92. The smallest absolute Gasteiger partial charge is 0.317 e. The van der Waals surface area contributed by atoms with Gasteiger partial charge in [-0.25, -0.2) is 4.79 Å². The number of hydrogen-bond donors (Lipinski definition) is 3. The molecule has 1 aliphatic carbocycles. The van der Waals surface area contributed by atoms with Crippen molar-refractivity contribution in [1.29, 1.82) is 0 Å². The summed E-state index contributed by atoms with van der Waals surface area (Å²) in [6, 6.07) is -0.103. The van der Waals surface area contributed by atoms with Gasteiger partial charge in [0.15, 0.2) is 0 Å². The van der Waals surface area contributed by atoms with E-state index in [1.54, 1.807) is 0 Å². The molecule has 2 unspecified atom stereocenters. The maximum atomic E-state index is 11.8. The van der Waals surface area contributed by atoms with Gasteiger partial charge in [0, 0.05) is 19.1 Å². The van der Waals surface area contributed by atoms with Gasteiger partial charge in [-0.3, -0.25) is 9.59 Å². The monoisotopic (exact) mass is 269 g/mol. The van der Waals surface area contributed by atoms with Gasteiger partial charge < -0.3 is 20.6 Å². The zero-order valence-electron chi connectivity index (χ0n) is 10.9. The summed E-state index contributed by atoms with van der Waals surface area (Å²) in [5.41, 5.74) is 0. The van der Waals surface area contributed by atoms with Crippen LogP contribution in [-0.2, 0) is 9.59 Å². The minimum absolute atomic E-state index is 0.0576. The average Bonchev–Trinajstić information content (AvgIpc) is 3.06. The number of carboxylic acid groups (broad SMARTS) is 1. The summed E-state index contributed by atoms with van der Waals surface area (Å²) >= 11 is 0. The number of urea groups is 1. The number of likely N-dealkylation sites (tertiary alicyclic amines) is 1. The lowest BCUT2D eigenvalue weighted by atomic mass is 9.99. The molecule has 0 aromatic carbocycles. The lowest BCUT2D eigenvalue weighted by Gasteiger charge is -2.16. The highest BCUT2D eigenvalue weighted by atomic mass is 16.4. The Morgan fingerprint density at radius 1 is 1.26 bits per heavy atom. The van der Waals surface area contributed by atoms with E-state index in [2.05, 4.69) is 10.6 Å². The third-order valence-electron chi connectivity index (χ3n) is 3.56. The van der Waals surface area contributed by atoms with Crippen LogP contribution in [0.2, 0.25) is 0 Å². The summed E-state index contributed by atoms with van der Waals surface area (Å²) in [6.45, 7) is 2.36. The first-order valence-corrected chi connectivity index (χ1v) is 6.52. The van der Waals surface area contributed by atoms with Crippen LogP contribution in [0.1, 0.15) is 19.8 Å². The molecule has 2 fully saturated rings. The van der Waals surface area contributed by atoms with Gasteiger partial charge in [-0.1, -0.05) is 6.92 Å². The molecule has 0 bridgehead atoms. The number of aliphatic carboxylic acids is 1. The molecule has 0 radical (unpaired) electrons. The van der Waals surface area contributed by atoms with E-state index in [0.717, 1.165) is 12.8 Å². The van der Waals surface area contributed by atoms with E-state index < -0.39 is 11.9 Å². The molecule has 3 N–H and O–H groups in total. The van der Waals surface area contributed by atoms with Gasteiger partial charge in [0.2, 0.25) is 5.91 Å². The Hall–Kier alpha value is -1.79. The SMILES string of the molecule is CC1CN(C(=O)NCC(=O)NC2CC2)CC1C(=O)O. The maximum absolute atomic E-state index is 11.8. The summed E-state index contributed by atoms with van der Waals surface area (Å²) in [5.74, 6) is -1.67.